The van der Waals surface area contributed by atoms with Gasteiger partial charge in [0.15, 0.2) is 0 Å². The van der Waals surface area contributed by atoms with E-state index < -0.39 is 5.97 Å². The summed E-state index contributed by atoms with van der Waals surface area (Å²) < 4.78 is 0. The van der Waals surface area contributed by atoms with Crippen LogP contribution >= 0.6 is 0 Å². The highest BCUT2D eigenvalue weighted by Gasteiger charge is 2.16. The predicted molar refractivity (Wildman–Crippen MR) is 112 cm³/mol. The number of unbranched alkanes of at least 4 members (excludes halogenated alkanes) is 19. The van der Waals surface area contributed by atoms with Gasteiger partial charge in [0, 0.05) is 6.42 Å². The number of hydrogen-bond donors (Lipinski definition) is 3. The maximum Gasteiger partial charge on any atom is 0.275 e. The zero-order valence-corrected chi connectivity index (χ0v) is 17.7. The van der Waals surface area contributed by atoms with E-state index in [1.165, 1.54) is 109 Å². The molecule has 0 unspecified atom stereocenters. The molecule has 0 fully saturated rings. The van der Waals surface area contributed by atoms with Crippen LogP contribution in [0.1, 0.15) is 142 Å². The Balaban J connectivity index is 3.01. The second-order valence-electron chi connectivity index (χ2n) is 8.24. The van der Waals surface area contributed by atoms with Crippen LogP contribution in [-0.2, 0) is 0 Å². The third-order valence-electron chi connectivity index (χ3n) is 5.37. The second kappa shape index (κ2) is 19.6. The molecule has 3 N–H and O–H groups in total. The number of rotatable bonds is 21. The van der Waals surface area contributed by atoms with E-state index in [1.807, 2.05) is 0 Å². The Morgan fingerprint density at radius 3 is 0.846 bits per heavy atom. The summed E-state index contributed by atoms with van der Waals surface area (Å²) in [6, 6.07) is 0. The van der Waals surface area contributed by atoms with Crippen molar-refractivity contribution in [2.24, 2.45) is 0 Å². The third kappa shape index (κ3) is 23.9. The molecule has 0 aromatic heterocycles. The summed E-state index contributed by atoms with van der Waals surface area (Å²) in [5.41, 5.74) is 0. The lowest BCUT2D eigenvalue weighted by atomic mass is 10.0. The molecule has 0 amide bonds. The maximum atomic E-state index is 8.78. The zero-order valence-electron chi connectivity index (χ0n) is 17.7. The average Bonchev–Trinajstić information content (AvgIpc) is 2.59. The molecule has 0 aromatic rings. The predicted octanol–water partition coefficient (Wildman–Crippen LogP) is 6.83. The fourth-order valence-corrected chi connectivity index (χ4v) is 3.62. The molecule has 0 saturated carbocycles. The molecule has 0 saturated heterocycles. The Hall–Kier alpha value is -0.120. The van der Waals surface area contributed by atoms with Crippen molar-refractivity contribution < 1.29 is 15.3 Å². The van der Waals surface area contributed by atoms with Crippen molar-refractivity contribution in [3.05, 3.63) is 0 Å². The number of aliphatic hydroxyl groups is 3. The molecule has 0 atom stereocenters. The van der Waals surface area contributed by atoms with Crippen LogP contribution in [-0.4, -0.2) is 21.3 Å². The minimum atomic E-state index is -2.46. The van der Waals surface area contributed by atoms with Crippen LogP contribution in [0.3, 0.4) is 0 Å². The van der Waals surface area contributed by atoms with E-state index in [0.29, 0.717) is 6.42 Å². The zero-order chi connectivity index (χ0) is 19.3. The molecule has 0 heterocycles. The fourth-order valence-electron chi connectivity index (χ4n) is 3.62. The van der Waals surface area contributed by atoms with Crippen molar-refractivity contribution in [2.75, 3.05) is 0 Å². The molecule has 3 heteroatoms. The Morgan fingerprint density at radius 2 is 0.615 bits per heavy atom. The molecule has 0 radical (unpaired) electrons. The van der Waals surface area contributed by atoms with E-state index >= 15 is 0 Å². The summed E-state index contributed by atoms with van der Waals surface area (Å²) in [5, 5.41) is 26.3. The topological polar surface area (TPSA) is 60.7 Å². The third-order valence-corrected chi connectivity index (χ3v) is 5.37. The van der Waals surface area contributed by atoms with Crippen LogP contribution in [0.2, 0.25) is 0 Å². The summed E-state index contributed by atoms with van der Waals surface area (Å²) in [6.45, 7) is 2.28. The Labute approximate surface area is 163 Å². The summed E-state index contributed by atoms with van der Waals surface area (Å²) in [7, 11) is 0. The van der Waals surface area contributed by atoms with E-state index in [4.69, 9.17) is 15.3 Å². The molecule has 3 nitrogen and oxygen atoms in total. The minimum absolute atomic E-state index is 0.0615. The standard InChI is InChI=1S/C23H48O3/c1-2-3-4-5-6-7-8-9-10-11-12-13-14-15-16-17-18-19-20-21-22-23(24,25)26/h24-26H,2-22H2,1H3. The molecule has 0 rings (SSSR count). The molecule has 0 bridgehead atoms. The quantitative estimate of drug-likeness (QED) is 0.153. The molecule has 0 aromatic carbocycles. The summed E-state index contributed by atoms with van der Waals surface area (Å²) in [5.74, 6) is -2.46. The highest BCUT2D eigenvalue weighted by Crippen LogP contribution is 2.15. The molecule has 0 spiro atoms. The van der Waals surface area contributed by atoms with Gasteiger partial charge in [-0.15, -0.1) is 0 Å². The molecule has 0 aliphatic carbocycles. The fraction of sp³-hybridized carbons (Fsp3) is 1.00. The van der Waals surface area contributed by atoms with Crippen molar-refractivity contribution in [1.82, 2.24) is 0 Å². The van der Waals surface area contributed by atoms with Gasteiger partial charge in [0.25, 0.3) is 5.97 Å². The van der Waals surface area contributed by atoms with E-state index in [9.17, 15) is 0 Å². The van der Waals surface area contributed by atoms with Crippen molar-refractivity contribution in [1.29, 1.82) is 0 Å². The van der Waals surface area contributed by atoms with Crippen LogP contribution < -0.4 is 0 Å². The van der Waals surface area contributed by atoms with Gasteiger partial charge in [0.2, 0.25) is 0 Å². The van der Waals surface area contributed by atoms with Crippen molar-refractivity contribution in [3.8, 4) is 0 Å². The Kier molecular flexibility index (Phi) is 19.5. The summed E-state index contributed by atoms with van der Waals surface area (Å²) >= 11 is 0. The van der Waals surface area contributed by atoms with Gasteiger partial charge in [-0.2, -0.15) is 0 Å². The van der Waals surface area contributed by atoms with Crippen molar-refractivity contribution in [3.63, 3.8) is 0 Å². The van der Waals surface area contributed by atoms with Crippen LogP contribution in [0.15, 0.2) is 0 Å². The lowest BCUT2D eigenvalue weighted by Gasteiger charge is -2.12. The number of hydrogen-bond acceptors (Lipinski definition) is 3. The van der Waals surface area contributed by atoms with Crippen LogP contribution in [0, 0.1) is 0 Å². The van der Waals surface area contributed by atoms with Crippen LogP contribution in [0.4, 0.5) is 0 Å². The van der Waals surface area contributed by atoms with Gasteiger partial charge in [0.1, 0.15) is 0 Å². The normalized spacial score (nSPS) is 12.0. The van der Waals surface area contributed by atoms with E-state index in [1.54, 1.807) is 0 Å². The van der Waals surface area contributed by atoms with Gasteiger partial charge >= 0.3 is 0 Å². The molecule has 158 valence electrons. The van der Waals surface area contributed by atoms with Gasteiger partial charge in [-0.3, -0.25) is 0 Å². The van der Waals surface area contributed by atoms with Gasteiger partial charge in [-0.05, 0) is 6.42 Å². The first-order chi connectivity index (χ1) is 12.6. The highest BCUT2D eigenvalue weighted by atomic mass is 16.7. The first kappa shape index (κ1) is 25.9. The largest absolute Gasteiger partial charge is 0.344 e. The molecule has 0 aliphatic rings. The smallest absolute Gasteiger partial charge is 0.275 e. The van der Waals surface area contributed by atoms with Crippen LogP contribution in [0.25, 0.3) is 0 Å². The van der Waals surface area contributed by atoms with E-state index in [0.717, 1.165) is 12.8 Å². The van der Waals surface area contributed by atoms with Gasteiger partial charge < -0.3 is 15.3 Å². The van der Waals surface area contributed by atoms with E-state index in [2.05, 4.69) is 6.92 Å². The Bertz CT molecular complexity index is 261. The lowest BCUT2D eigenvalue weighted by molar-refractivity contribution is -0.315. The molecule has 0 aliphatic heterocycles. The highest BCUT2D eigenvalue weighted by molar-refractivity contribution is 4.52. The summed E-state index contributed by atoms with van der Waals surface area (Å²) in [4.78, 5) is 0. The molecular weight excluding hydrogens is 324 g/mol. The van der Waals surface area contributed by atoms with Gasteiger partial charge in [0.05, 0.1) is 0 Å². The summed E-state index contributed by atoms with van der Waals surface area (Å²) in [6.07, 6.45) is 26.6. The van der Waals surface area contributed by atoms with E-state index in [-0.39, 0.29) is 6.42 Å². The minimum Gasteiger partial charge on any atom is -0.344 e. The van der Waals surface area contributed by atoms with Gasteiger partial charge in [-0.25, -0.2) is 0 Å². The SMILES string of the molecule is CCCCCCCCCCCCCCCCCCCCCCC(O)(O)O. The van der Waals surface area contributed by atoms with Crippen molar-refractivity contribution >= 4 is 0 Å². The Morgan fingerprint density at radius 1 is 0.385 bits per heavy atom. The van der Waals surface area contributed by atoms with Gasteiger partial charge in [-0.1, -0.05) is 129 Å². The monoisotopic (exact) mass is 372 g/mol. The first-order valence-electron chi connectivity index (χ1n) is 11.7. The lowest BCUT2D eigenvalue weighted by Crippen LogP contribution is -2.26. The molecule has 26 heavy (non-hydrogen) atoms. The average molecular weight is 373 g/mol. The second-order valence-corrected chi connectivity index (χ2v) is 8.24. The first-order valence-corrected chi connectivity index (χ1v) is 11.7. The molecular formula is C23H48O3. The van der Waals surface area contributed by atoms with Crippen LogP contribution in [0.5, 0.6) is 0 Å². The van der Waals surface area contributed by atoms with Crippen molar-refractivity contribution in [2.45, 2.75) is 148 Å². The maximum absolute atomic E-state index is 8.78.